The summed E-state index contributed by atoms with van der Waals surface area (Å²) in [7, 11) is 1.69. The minimum absolute atomic E-state index is 0.124. The van der Waals surface area contributed by atoms with E-state index in [2.05, 4.69) is 45.9 Å². The van der Waals surface area contributed by atoms with Gasteiger partial charge in [0.15, 0.2) is 0 Å². The van der Waals surface area contributed by atoms with E-state index in [1.807, 2.05) is 24.3 Å². The highest BCUT2D eigenvalue weighted by atomic mass is 16.5. The number of furan rings is 1. The minimum atomic E-state index is 0.124. The average molecular weight is 294 g/mol. The predicted octanol–water partition coefficient (Wildman–Crippen LogP) is 6.04. The Kier molecular flexibility index (Phi) is 3.48. The summed E-state index contributed by atoms with van der Waals surface area (Å²) in [6.07, 6.45) is 2.29. The van der Waals surface area contributed by atoms with Crippen LogP contribution in [0.4, 0.5) is 0 Å². The van der Waals surface area contributed by atoms with Gasteiger partial charge in [-0.05, 0) is 35.6 Å². The summed E-state index contributed by atoms with van der Waals surface area (Å²) in [6, 6.07) is 12.2. The van der Waals surface area contributed by atoms with Crippen LogP contribution in [0.2, 0.25) is 0 Å². The van der Waals surface area contributed by atoms with E-state index in [1.165, 1.54) is 11.1 Å². The first kappa shape index (κ1) is 14.7. The van der Waals surface area contributed by atoms with E-state index < -0.39 is 0 Å². The fourth-order valence-electron chi connectivity index (χ4n) is 2.99. The van der Waals surface area contributed by atoms with Gasteiger partial charge in [-0.15, -0.1) is 0 Å². The number of ether oxygens (including phenoxy) is 1. The fraction of sp³-hybridized carbons (Fsp3) is 0.300. The van der Waals surface area contributed by atoms with Gasteiger partial charge in [-0.1, -0.05) is 45.0 Å². The molecule has 2 nitrogen and oxygen atoms in total. The molecule has 2 heteroatoms. The van der Waals surface area contributed by atoms with E-state index in [-0.39, 0.29) is 5.41 Å². The van der Waals surface area contributed by atoms with Gasteiger partial charge in [0.2, 0.25) is 0 Å². The highest BCUT2D eigenvalue weighted by Crippen LogP contribution is 2.38. The SMILES string of the molecule is COc1cc(/C(C)=C/C(C)(C)C)c2c(c1)oc1ccccc12. The van der Waals surface area contributed by atoms with Gasteiger partial charge >= 0.3 is 0 Å². The Hall–Kier alpha value is -2.22. The summed E-state index contributed by atoms with van der Waals surface area (Å²) in [5, 5.41) is 2.31. The van der Waals surface area contributed by atoms with E-state index >= 15 is 0 Å². The minimum Gasteiger partial charge on any atom is -0.497 e. The third-order valence-electron chi connectivity index (χ3n) is 3.76. The van der Waals surface area contributed by atoms with Gasteiger partial charge < -0.3 is 9.15 Å². The summed E-state index contributed by atoms with van der Waals surface area (Å²) in [4.78, 5) is 0. The summed E-state index contributed by atoms with van der Waals surface area (Å²) >= 11 is 0. The Labute approximate surface area is 131 Å². The molecule has 0 spiro atoms. The second kappa shape index (κ2) is 5.20. The molecule has 0 aliphatic rings. The van der Waals surface area contributed by atoms with Crippen LogP contribution in [0.15, 0.2) is 46.9 Å². The van der Waals surface area contributed by atoms with Crippen molar-refractivity contribution in [2.24, 2.45) is 5.41 Å². The van der Waals surface area contributed by atoms with Gasteiger partial charge in [0.25, 0.3) is 0 Å². The molecule has 3 rings (SSSR count). The van der Waals surface area contributed by atoms with Crippen molar-refractivity contribution in [3.8, 4) is 5.75 Å². The molecule has 0 unspecified atom stereocenters. The Morgan fingerprint density at radius 1 is 1.09 bits per heavy atom. The maximum absolute atomic E-state index is 6.01. The molecule has 0 aliphatic carbocycles. The van der Waals surface area contributed by atoms with Crippen molar-refractivity contribution in [2.75, 3.05) is 7.11 Å². The smallest absolute Gasteiger partial charge is 0.139 e. The predicted molar refractivity (Wildman–Crippen MR) is 93.4 cm³/mol. The second-order valence-corrected chi connectivity index (χ2v) is 6.84. The van der Waals surface area contributed by atoms with Crippen LogP contribution in [-0.4, -0.2) is 7.11 Å². The molecule has 3 aromatic rings. The zero-order valence-electron chi connectivity index (χ0n) is 13.9. The van der Waals surface area contributed by atoms with Crippen molar-refractivity contribution in [3.63, 3.8) is 0 Å². The van der Waals surface area contributed by atoms with Gasteiger partial charge in [-0.3, -0.25) is 0 Å². The van der Waals surface area contributed by atoms with Crippen molar-refractivity contribution in [1.82, 2.24) is 0 Å². The van der Waals surface area contributed by atoms with E-state index in [0.717, 1.165) is 27.7 Å². The Morgan fingerprint density at radius 2 is 1.82 bits per heavy atom. The van der Waals surface area contributed by atoms with Crippen LogP contribution in [0.25, 0.3) is 27.5 Å². The Bertz CT molecular complexity index is 860. The number of methoxy groups -OCH3 is 1. The quantitative estimate of drug-likeness (QED) is 0.574. The normalized spacial score (nSPS) is 13.0. The number of fused-ring (bicyclic) bond motifs is 3. The van der Waals surface area contributed by atoms with Crippen LogP contribution < -0.4 is 4.74 Å². The summed E-state index contributed by atoms with van der Waals surface area (Å²) in [6.45, 7) is 8.78. The number of benzene rings is 2. The van der Waals surface area contributed by atoms with Crippen molar-refractivity contribution < 1.29 is 9.15 Å². The van der Waals surface area contributed by atoms with Crippen LogP contribution in [-0.2, 0) is 0 Å². The van der Waals surface area contributed by atoms with E-state index in [4.69, 9.17) is 9.15 Å². The number of rotatable bonds is 2. The Balaban J connectivity index is 2.38. The van der Waals surface area contributed by atoms with Crippen LogP contribution in [0.3, 0.4) is 0 Å². The van der Waals surface area contributed by atoms with E-state index in [0.29, 0.717) is 0 Å². The first-order valence-electron chi connectivity index (χ1n) is 7.58. The zero-order valence-corrected chi connectivity index (χ0v) is 13.9. The number of allylic oxidation sites excluding steroid dienone is 2. The molecule has 0 aliphatic heterocycles. The maximum Gasteiger partial charge on any atom is 0.139 e. The molecule has 114 valence electrons. The molecular weight excluding hydrogens is 272 g/mol. The van der Waals surface area contributed by atoms with Crippen molar-refractivity contribution in [1.29, 1.82) is 0 Å². The summed E-state index contributed by atoms with van der Waals surface area (Å²) in [5.41, 5.74) is 4.32. The van der Waals surface area contributed by atoms with Gasteiger partial charge in [0.1, 0.15) is 16.9 Å². The number of hydrogen-bond acceptors (Lipinski definition) is 2. The lowest BCUT2D eigenvalue weighted by atomic mass is 9.90. The molecule has 22 heavy (non-hydrogen) atoms. The lowest BCUT2D eigenvalue weighted by molar-refractivity contribution is 0.414. The monoisotopic (exact) mass is 294 g/mol. The van der Waals surface area contributed by atoms with Crippen molar-refractivity contribution >= 4 is 27.5 Å². The summed E-state index contributed by atoms with van der Waals surface area (Å²) in [5.74, 6) is 0.822. The topological polar surface area (TPSA) is 22.4 Å². The van der Waals surface area contributed by atoms with E-state index in [9.17, 15) is 0 Å². The molecule has 0 bridgehead atoms. The first-order chi connectivity index (χ1) is 10.4. The first-order valence-corrected chi connectivity index (χ1v) is 7.58. The number of para-hydroxylation sites is 1. The van der Waals surface area contributed by atoms with Gasteiger partial charge in [-0.25, -0.2) is 0 Å². The van der Waals surface area contributed by atoms with E-state index in [1.54, 1.807) is 7.11 Å². The molecule has 0 fully saturated rings. The largest absolute Gasteiger partial charge is 0.497 e. The molecule has 1 heterocycles. The molecule has 0 N–H and O–H groups in total. The van der Waals surface area contributed by atoms with Crippen molar-refractivity contribution in [3.05, 3.63) is 48.0 Å². The third kappa shape index (κ3) is 2.61. The standard InChI is InChI=1S/C20H22O2/c1-13(12-20(2,3)4)16-10-14(21-5)11-18-19(16)15-8-6-7-9-17(15)22-18/h6-12H,1-5H3/b13-12+. The zero-order chi connectivity index (χ0) is 15.9. The molecule has 0 amide bonds. The van der Waals surface area contributed by atoms with Crippen LogP contribution in [0.1, 0.15) is 33.3 Å². The Morgan fingerprint density at radius 3 is 2.50 bits per heavy atom. The van der Waals surface area contributed by atoms with Crippen LogP contribution >= 0.6 is 0 Å². The molecule has 0 atom stereocenters. The lowest BCUT2D eigenvalue weighted by Gasteiger charge is -2.15. The molecule has 1 aromatic heterocycles. The summed E-state index contributed by atoms with van der Waals surface area (Å²) < 4.78 is 11.5. The highest BCUT2D eigenvalue weighted by molar-refractivity contribution is 6.10. The van der Waals surface area contributed by atoms with Crippen molar-refractivity contribution in [2.45, 2.75) is 27.7 Å². The lowest BCUT2D eigenvalue weighted by Crippen LogP contribution is -2.00. The van der Waals surface area contributed by atoms with Crippen LogP contribution in [0.5, 0.6) is 5.75 Å². The number of hydrogen-bond donors (Lipinski definition) is 0. The maximum atomic E-state index is 6.01. The fourth-order valence-corrected chi connectivity index (χ4v) is 2.99. The van der Waals surface area contributed by atoms with Gasteiger partial charge in [-0.2, -0.15) is 0 Å². The second-order valence-electron chi connectivity index (χ2n) is 6.84. The van der Waals surface area contributed by atoms with Gasteiger partial charge in [0, 0.05) is 16.8 Å². The molecule has 0 radical (unpaired) electrons. The third-order valence-corrected chi connectivity index (χ3v) is 3.76. The van der Waals surface area contributed by atoms with Crippen LogP contribution in [0, 0.1) is 5.41 Å². The molecular formula is C20H22O2. The highest BCUT2D eigenvalue weighted by Gasteiger charge is 2.16. The molecule has 0 saturated heterocycles. The van der Waals surface area contributed by atoms with Gasteiger partial charge in [0.05, 0.1) is 7.11 Å². The average Bonchev–Trinajstić information content (AvgIpc) is 2.82. The molecule has 0 saturated carbocycles. The molecule has 2 aromatic carbocycles.